The van der Waals surface area contributed by atoms with Crippen molar-refractivity contribution in [3.8, 4) is 0 Å². The molecule has 0 radical (unpaired) electrons. The van der Waals surface area contributed by atoms with Crippen molar-refractivity contribution < 1.29 is 0 Å². The third-order valence-electron chi connectivity index (χ3n) is 2.04. The first-order valence-corrected chi connectivity index (χ1v) is 5.07. The number of nitrogens with two attached hydrogens (primary N) is 1. The van der Waals surface area contributed by atoms with Gasteiger partial charge in [0, 0.05) is 12.2 Å². The number of aromatic nitrogens is 2. The summed E-state index contributed by atoms with van der Waals surface area (Å²) in [5.74, 6) is 1.12. The Morgan fingerprint density at radius 3 is 3.00 bits per heavy atom. The van der Waals surface area contributed by atoms with E-state index in [1.807, 2.05) is 0 Å². The lowest BCUT2D eigenvalue weighted by atomic mass is 10.1. The van der Waals surface area contributed by atoms with Gasteiger partial charge in [-0.2, -0.15) is 4.98 Å². The molecule has 0 fully saturated rings. The minimum Gasteiger partial charge on any atom is -0.384 e. The molecule has 0 aliphatic carbocycles. The summed E-state index contributed by atoms with van der Waals surface area (Å²) in [4.78, 5) is 8.16. The monoisotopic (exact) mass is 194 g/mol. The summed E-state index contributed by atoms with van der Waals surface area (Å²) in [7, 11) is 0. The van der Waals surface area contributed by atoms with Crippen molar-refractivity contribution in [2.24, 2.45) is 0 Å². The molecule has 0 spiro atoms. The zero-order chi connectivity index (χ0) is 10.4. The molecule has 78 valence electrons. The first kappa shape index (κ1) is 10.8. The molecule has 4 heteroatoms. The Balaban J connectivity index is 2.43. The van der Waals surface area contributed by atoms with Gasteiger partial charge in [0.1, 0.15) is 5.82 Å². The van der Waals surface area contributed by atoms with Crippen molar-refractivity contribution in [3.63, 3.8) is 0 Å². The second kappa shape index (κ2) is 5.42. The largest absolute Gasteiger partial charge is 0.384 e. The van der Waals surface area contributed by atoms with Crippen LogP contribution in [0.25, 0.3) is 0 Å². The second-order valence-corrected chi connectivity index (χ2v) is 3.49. The van der Waals surface area contributed by atoms with Crippen molar-refractivity contribution in [2.45, 2.75) is 39.2 Å². The minimum atomic E-state index is 0.400. The minimum absolute atomic E-state index is 0.400. The Hall–Kier alpha value is -1.32. The topological polar surface area (TPSA) is 63.8 Å². The predicted molar refractivity (Wildman–Crippen MR) is 59.1 cm³/mol. The molecule has 14 heavy (non-hydrogen) atoms. The summed E-state index contributed by atoms with van der Waals surface area (Å²) in [5, 5.41) is 3.22. The van der Waals surface area contributed by atoms with E-state index < -0.39 is 0 Å². The fraction of sp³-hybridized carbons (Fsp3) is 0.600. The molecule has 0 bridgehead atoms. The van der Waals surface area contributed by atoms with E-state index in [2.05, 4.69) is 29.1 Å². The summed E-state index contributed by atoms with van der Waals surface area (Å²) < 4.78 is 0. The van der Waals surface area contributed by atoms with Crippen LogP contribution in [0.5, 0.6) is 0 Å². The van der Waals surface area contributed by atoms with Gasteiger partial charge < -0.3 is 11.1 Å². The van der Waals surface area contributed by atoms with Crippen LogP contribution in [0, 0.1) is 0 Å². The van der Waals surface area contributed by atoms with Gasteiger partial charge in [0.2, 0.25) is 5.95 Å². The highest BCUT2D eigenvalue weighted by Crippen LogP contribution is 2.07. The first-order chi connectivity index (χ1) is 6.72. The van der Waals surface area contributed by atoms with E-state index in [4.69, 9.17) is 5.73 Å². The molecular formula is C10H18N4. The smallest absolute Gasteiger partial charge is 0.224 e. The maximum atomic E-state index is 5.54. The molecule has 1 unspecified atom stereocenters. The molecule has 0 saturated carbocycles. The fourth-order valence-corrected chi connectivity index (χ4v) is 1.25. The highest BCUT2D eigenvalue weighted by atomic mass is 15.1. The van der Waals surface area contributed by atoms with Crippen LogP contribution in [0.3, 0.4) is 0 Å². The van der Waals surface area contributed by atoms with E-state index >= 15 is 0 Å². The molecule has 0 aliphatic rings. The Labute approximate surface area is 85.0 Å². The highest BCUT2D eigenvalue weighted by Gasteiger charge is 2.02. The van der Waals surface area contributed by atoms with Gasteiger partial charge >= 0.3 is 0 Å². The van der Waals surface area contributed by atoms with Gasteiger partial charge in [0.25, 0.3) is 0 Å². The van der Waals surface area contributed by atoms with E-state index in [0.29, 0.717) is 17.8 Å². The zero-order valence-electron chi connectivity index (χ0n) is 8.83. The molecule has 1 aromatic rings. The second-order valence-electron chi connectivity index (χ2n) is 3.49. The lowest BCUT2D eigenvalue weighted by molar-refractivity contribution is 0.641. The van der Waals surface area contributed by atoms with Gasteiger partial charge in [-0.3, -0.25) is 0 Å². The molecule has 0 aromatic carbocycles. The third kappa shape index (κ3) is 3.60. The van der Waals surface area contributed by atoms with Crippen molar-refractivity contribution in [2.75, 3.05) is 11.1 Å². The lowest BCUT2D eigenvalue weighted by Crippen LogP contribution is -2.17. The SMILES string of the molecule is CCCCC(C)Nc1nccc(N)n1. The van der Waals surface area contributed by atoms with Gasteiger partial charge in [0.05, 0.1) is 0 Å². The summed E-state index contributed by atoms with van der Waals surface area (Å²) in [6, 6.07) is 2.08. The number of hydrogen-bond donors (Lipinski definition) is 2. The quantitative estimate of drug-likeness (QED) is 0.753. The lowest BCUT2D eigenvalue weighted by Gasteiger charge is -2.12. The Kier molecular flexibility index (Phi) is 4.16. The van der Waals surface area contributed by atoms with Crippen LogP contribution < -0.4 is 11.1 Å². The standard InChI is InChI=1S/C10H18N4/c1-3-4-5-8(2)13-10-12-7-6-9(11)14-10/h6-8H,3-5H2,1-2H3,(H3,11,12,13,14). The number of nitrogen functional groups attached to an aromatic ring is 1. The maximum Gasteiger partial charge on any atom is 0.224 e. The van der Waals surface area contributed by atoms with Crippen LogP contribution in [0.2, 0.25) is 0 Å². The van der Waals surface area contributed by atoms with E-state index in [9.17, 15) is 0 Å². The van der Waals surface area contributed by atoms with Crippen LogP contribution in [-0.4, -0.2) is 16.0 Å². The van der Waals surface area contributed by atoms with E-state index in [0.717, 1.165) is 6.42 Å². The van der Waals surface area contributed by atoms with E-state index in [1.165, 1.54) is 12.8 Å². The molecule has 1 rings (SSSR count). The van der Waals surface area contributed by atoms with Crippen molar-refractivity contribution in [3.05, 3.63) is 12.3 Å². The molecule has 4 nitrogen and oxygen atoms in total. The molecule has 0 saturated heterocycles. The summed E-state index contributed by atoms with van der Waals surface area (Å²) in [6.45, 7) is 4.31. The van der Waals surface area contributed by atoms with Crippen LogP contribution in [-0.2, 0) is 0 Å². The Morgan fingerprint density at radius 1 is 1.57 bits per heavy atom. The Bertz CT molecular complexity index is 275. The average Bonchev–Trinajstić information content (AvgIpc) is 2.15. The van der Waals surface area contributed by atoms with Crippen LogP contribution >= 0.6 is 0 Å². The van der Waals surface area contributed by atoms with E-state index in [1.54, 1.807) is 12.3 Å². The first-order valence-electron chi connectivity index (χ1n) is 5.07. The molecule has 1 aromatic heterocycles. The van der Waals surface area contributed by atoms with Gasteiger partial charge in [-0.25, -0.2) is 4.98 Å². The summed E-state index contributed by atoms with van der Waals surface area (Å²) in [5.41, 5.74) is 5.54. The van der Waals surface area contributed by atoms with Crippen LogP contribution in [0.1, 0.15) is 33.1 Å². The predicted octanol–water partition coefficient (Wildman–Crippen LogP) is 2.05. The maximum absolute atomic E-state index is 5.54. The zero-order valence-corrected chi connectivity index (χ0v) is 8.83. The number of hydrogen-bond acceptors (Lipinski definition) is 4. The molecule has 0 aliphatic heterocycles. The number of unbranched alkanes of at least 4 members (excludes halogenated alkanes) is 1. The van der Waals surface area contributed by atoms with E-state index in [-0.39, 0.29) is 0 Å². The summed E-state index contributed by atoms with van der Waals surface area (Å²) in [6.07, 6.45) is 5.23. The molecule has 3 N–H and O–H groups in total. The number of nitrogens with one attached hydrogen (secondary N) is 1. The van der Waals surface area contributed by atoms with Crippen LogP contribution in [0.4, 0.5) is 11.8 Å². The molecular weight excluding hydrogens is 176 g/mol. The molecule has 1 atom stereocenters. The normalized spacial score (nSPS) is 12.4. The van der Waals surface area contributed by atoms with Gasteiger partial charge in [0.15, 0.2) is 0 Å². The third-order valence-corrected chi connectivity index (χ3v) is 2.04. The van der Waals surface area contributed by atoms with Gasteiger partial charge in [-0.15, -0.1) is 0 Å². The van der Waals surface area contributed by atoms with Crippen molar-refractivity contribution in [1.82, 2.24) is 9.97 Å². The van der Waals surface area contributed by atoms with Crippen LogP contribution in [0.15, 0.2) is 12.3 Å². The highest BCUT2D eigenvalue weighted by molar-refractivity contribution is 5.35. The summed E-state index contributed by atoms with van der Waals surface area (Å²) >= 11 is 0. The van der Waals surface area contributed by atoms with Crippen molar-refractivity contribution in [1.29, 1.82) is 0 Å². The number of anilines is 2. The van der Waals surface area contributed by atoms with Crippen molar-refractivity contribution >= 4 is 11.8 Å². The number of nitrogens with zero attached hydrogens (tertiary/aromatic N) is 2. The fourth-order valence-electron chi connectivity index (χ4n) is 1.25. The molecule has 1 heterocycles. The van der Waals surface area contributed by atoms with Gasteiger partial charge in [-0.05, 0) is 19.4 Å². The Morgan fingerprint density at radius 2 is 2.36 bits per heavy atom. The molecule has 0 amide bonds. The van der Waals surface area contributed by atoms with Gasteiger partial charge in [-0.1, -0.05) is 19.8 Å². The average molecular weight is 194 g/mol. The number of rotatable bonds is 5.